The Morgan fingerprint density at radius 2 is 2.31 bits per heavy atom. The molecule has 0 unspecified atom stereocenters. The molecule has 76 valence electrons. The van der Waals surface area contributed by atoms with Gasteiger partial charge in [0.25, 0.3) is 0 Å². The molecule has 0 aromatic rings. The van der Waals surface area contributed by atoms with Crippen molar-refractivity contribution in [3.8, 4) is 0 Å². The lowest BCUT2D eigenvalue weighted by molar-refractivity contribution is -0.145. The van der Waals surface area contributed by atoms with E-state index in [1.54, 1.807) is 0 Å². The largest absolute Gasteiger partial charge is 0.465 e. The molecular weight excluding hydrogens is 190 g/mol. The van der Waals surface area contributed by atoms with Crippen LogP contribution in [0.15, 0.2) is 0 Å². The van der Waals surface area contributed by atoms with Crippen LogP contribution in [0.4, 0.5) is 0 Å². The summed E-state index contributed by atoms with van der Waals surface area (Å²) >= 11 is 0. The Morgan fingerprint density at radius 3 is 2.77 bits per heavy atom. The maximum absolute atomic E-state index is 11.3. The molecule has 0 amide bonds. The predicted molar refractivity (Wildman–Crippen MR) is 51.9 cm³/mol. The molecule has 2 rings (SSSR count). The number of rotatable bonds is 2. The van der Waals surface area contributed by atoms with E-state index in [1.807, 2.05) is 6.92 Å². The van der Waals surface area contributed by atoms with Gasteiger partial charge in [0.05, 0.1) is 6.61 Å². The molecule has 0 bridgehead atoms. The average Bonchev–Trinajstić information content (AvgIpc) is 2.51. The number of esters is 1. The summed E-state index contributed by atoms with van der Waals surface area (Å²) < 4.78 is 4.94. The molecule has 0 radical (unpaired) electrons. The summed E-state index contributed by atoms with van der Waals surface area (Å²) in [5, 5.41) is 3.28. The molecule has 1 aliphatic heterocycles. The van der Waals surface area contributed by atoms with E-state index in [0.717, 1.165) is 6.42 Å². The molecule has 0 aromatic carbocycles. The van der Waals surface area contributed by atoms with Gasteiger partial charge in [0.1, 0.15) is 6.04 Å². The summed E-state index contributed by atoms with van der Waals surface area (Å²) in [6.07, 6.45) is 2.18. The summed E-state index contributed by atoms with van der Waals surface area (Å²) in [5.41, 5.74) is 0.400. The molecule has 1 heterocycles. The minimum absolute atomic E-state index is 0. The lowest BCUT2D eigenvalue weighted by Crippen LogP contribution is -2.35. The second-order valence-corrected chi connectivity index (χ2v) is 4.09. The fraction of sp³-hybridized carbons (Fsp3) is 0.889. The van der Waals surface area contributed by atoms with Crippen LogP contribution in [0.1, 0.15) is 26.7 Å². The van der Waals surface area contributed by atoms with E-state index in [2.05, 4.69) is 12.2 Å². The van der Waals surface area contributed by atoms with Gasteiger partial charge in [-0.05, 0) is 25.2 Å². The van der Waals surface area contributed by atoms with Gasteiger partial charge in [0.2, 0.25) is 0 Å². The second-order valence-electron chi connectivity index (χ2n) is 4.09. The maximum atomic E-state index is 11.3. The Bertz CT molecular complexity index is 222. The quantitative estimate of drug-likeness (QED) is 0.687. The van der Waals surface area contributed by atoms with E-state index in [9.17, 15) is 4.79 Å². The second kappa shape index (κ2) is 3.46. The monoisotopic (exact) mass is 205 g/mol. The normalized spacial score (nSPS) is 40.5. The number of nitrogens with one attached hydrogen (secondary N) is 1. The number of hydrogen-bond donors (Lipinski definition) is 1. The first-order chi connectivity index (χ1) is 5.65. The van der Waals surface area contributed by atoms with Gasteiger partial charge in [0, 0.05) is 6.04 Å². The molecule has 1 saturated carbocycles. The van der Waals surface area contributed by atoms with E-state index >= 15 is 0 Å². The molecule has 3 nitrogen and oxygen atoms in total. The van der Waals surface area contributed by atoms with Gasteiger partial charge in [0.15, 0.2) is 0 Å². The minimum atomic E-state index is -0.0778. The third-order valence-corrected chi connectivity index (χ3v) is 3.00. The number of carbonyl (C=O) groups is 1. The molecule has 1 saturated heterocycles. The van der Waals surface area contributed by atoms with Gasteiger partial charge < -0.3 is 10.1 Å². The molecule has 13 heavy (non-hydrogen) atoms. The molecule has 1 N–H and O–H groups in total. The van der Waals surface area contributed by atoms with Crippen molar-refractivity contribution in [2.75, 3.05) is 6.61 Å². The average molecular weight is 206 g/mol. The van der Waals surface area contributed by atoms with Crippen molar-refractivity contribution in [1.82, 2.24) is 5.32 Å². The van der Waals surface area contributed by atoms with E-state index < -0.39 is 0 Å². The van der Waals surface area contributed by atoms with Crippen LogP contribution in [0.2, 0.25) is 0 Å². The Balaban J connectivity index is 0.000000845. The highest BCUT2D eigenvalue weighted by Gasteiger charge is 2.58. The van der Waals surface area contributed by atoms with E-state index in [4.69, 9.17) is 4.74 Å². The summed E-state index contributed by atoms with van der Waals surface area (Å²) in [6, 6.07) is 0.542. The van der Waals surface area contributed by atoms with Crippen molar-refractivity contribution in [2.45, 2.75) is 38.8 Å². The zero-order valence-corrected chi connectivity index (χ0v) is 8.82. The Morgan fingerprint density at radius 1 is 1.62 bits per heavy atom. The summed E-state index contributed by atoms with van der Waals surface area (Å²) in [7, 11) is 0. The number of carbonyl (C=O) groups excluding carboxylic acids is 1. The van der Waals surface area contributed by atoms with Crippen molar-refractivity contribution in [3.05, 3.63) is 0 Å². The van der Waals surface area contributed by atoms with Gasteiger partial charge in [-0.1, -0.05) is 6.92 Å². The predicted octanol–water partition coefficient (Wildman–Crippen LogP) is 1.11. The van der Waals surface area contributed by atoms with Gasteiger partial charge in [-0.15, -0.1) is 12.4 Å². The molecular formula is C9H16ClNO2. The molecule has 2 fully saturated rings. The molecule has 0 aromatic heterocycles. The SMILES string of the molecule is CCOC(=O)[C@@H]1C[C@]2(C)C[C@@H]2N1.Cl. The van der Waals surface area contributed by atoms with Crippen LogP contribution in [0.3, 0.4) is 0 Å². The van der Waals surface area contributed by atoms with Crippen molar-refractivity contribution in [1.29, 1.82) is 0 Å². The van der Waals surface area contributed by atoms with Crippen LogP contribution in [-0.2, 0) is 9.53 Å². The number of piperidine rings is 1. The number of fused-ring (bicyclic) bond motifs is 1. The van der Waals surface area contributed by atoms with Gasteiger partial charge in [-0.25, -0.2) is 0 Å². The van der Waals surface area contributed by atoms with Gasteiger partial charge in [-0.2, -0.15) is 0 Å². The molecule has 2 aliphatic rings. The van der Waals surface area contributed by atoms with Crippen molar-refractivity contribution in [3.63, 3.8) is 0 Å². The van der Waals surface area contributed by atoms with Crippen LogP contribution < -0.4 is 5.32 Å². The van der Waals surface area contributed by atoms with E-state index in [-0.39, 0.29) is 24.4 Å². The molecule has 0 spiro atoms. The minimum Gasteiger partial charge on any atom is -0.465 e. The first-order valence-electron chi connectivity index (χ1n) is 4.58. The highest BCUT2D eigenvalue weighted by Crippen LogP contribution is 2.53. The highest BCUT2D eigenvalue weighted by molar-refractivity contribution is 5.85. The zero-order chi connectivity index (χ0) is 8.77. The summed E-state index contributed by atoms with van der Waals surface area (Å²) in [4.78, 5) is 11.3. The molecule has 4 heteroatoms. The van der Waals surface area contributed by atoms with Crippen molar-refractivity contribution < 1.29 is 9.53 Å². The third kappa shape index (κ3) is 1.81. The Labute approximate surface area is 84.6 Å². The lowest BCUT2D eigenvalue weighted by Gasteiger charge is -2.12. The number of hydrogen-bond acceptors (Lipinski definition) is 3. The Hall–Kier alpha value is -0.280. The smallest absolute Gasteiger partial charge is 0.323 e. The van der Waals surface area contributed by atoms with Crippen LogP contribution in [0.5, 0.6) is 0 Å². The standard InChI is InChI=1S/C9H15NO2.ClH/c1-3-12-8(11)6-4-9(2)5-7(9)10-6;/h6-7,10H,3-5H2,1-2H3;1H/t6-,7-,9+;/m0./s1. The lowest BCUT2D eigenvalue weighted by atomic mass is 10.0. The summed E-state index contributed by atoms with van der Waals surface area (Å²) in [6.45, 7) is 4.55. The third-order valence-electron chi connectivity index (χ3n) is 3.00. The van der Waals surface area contributed by atoms with E-state index in [1.165, 1.54) is 6.42 Å². The van der Waals surface area contributed by atoms with Gasteiger partial charge >= 0.3 is 5.97 Å². The fourth-order valence-electron chi connectivity index (χ4n) is 2.06. The highest BCUT2D eigenvalue weighted by atomic mass is 35.5. The topological polar surface area (TPSA) is 38.3 Å². The number of halogens is 1. The van der Waals surface area contributed by atoms with Crippen LogP contribution in [-0.4, -0.2) is 24.7 Å². The zero-order valence-electron chi connectivity index (χ0n) is 8.00. The molecule has 3 atom stereocenters. The van der Waals surface area contributed by atoms with Crippen LogP contribution >= 0.6 is 12.4 Å². The summed E-state index contributed by atoms with van der Waals surface area (Å²) in [5.74, 6) is -0.0778. The van der Waals surface area contributed by atoms with Crippen LogP contribution in [0.25, 0.3) is 0 Å². The number of ether oxygens (including phenoxy) is 1. The van der Waals surface area contributed by atoms with E-state index in [0.29, 0.717) is 18.1 Å². The van der Waals surface area contributed by atoms with Crippen molar-refractivity contribution in [2.24, 2.45) is 5.41 Å². The first kappa shape index (κ1) is 10.8. The fourth-order valence-corrected chi connectivity index (χ4v) is 2.06. The first-order valence-corrected chi connectivity index (χ1v) is 4.58. The molecule has 1 aliphatic carbocycles. The maximum Gasteiger partial charge on any atom is 0.323 e. The van der Waals surface area contributed by atoms with Crippen molar-refractivity contribution >= 4 is 18.4 Å². The van der Waals surface area contributed by atoms with Gasteiger partial charge in [-0.3, -0.25) is 4.79 Å². The Kier molecular flexibility index (Phi) is 2.88. The van der Waals surface area contributed by atoms with Crippen LogP contribution in [0, 0.1) is 5.41 Å².